The number of nitrogens with two attached hydrogens (primary N) is 1. The molecule has 0 bridgehead atoms. The molecule has 1 aliphatic carbocycles. The van der Waals surface area contributed by atoms with E-state index in [9.17, 15) is 4.79 Å². The molecule has 0 saturated heterocycles. The van der Waals surface area contributed by atoms with Crippen molar-refractivity contribution in [3.05, 3.63) is 17.7 Å². The molecule has 3 N–H and O–H groups in total. The first kappa shape index (κ1) is 14.0. The lowest BCUT2D eigenvalue weighted by atomic mass is 9.77. The van der Waals surface area contributed by atoms with E-state index in [0.717, 1.165) is 19.3 Å². The number of hydrogen-bond acceptors (Lipinski definition) is 5. The van der Waals surface area contributed by atoms with Crippen LogP contribution >= 0.6 is 0 Å². The molecule has 0 aliphatic heterocycles. The Morgan fingerprint density at radius 1 is 1.63 bits per heavy atom. The zero-order chi connectivity index (χ0) is 13.9. The van der Waals surface area contributed by atoms with Gasteiger partial charge in [-0.3, -0.25) is 0 Å². The zero-order valence-corrected chi connectivity index (χ0v) is 11.4. The van der Waals surface area contributed by atoms with Crippen LogP contribution in [0.5, 0.6) is 0 Å². The van der Waals surface area contributed by atoms with E-state index in [1.165, 1.54) is 6.20 Å². The third kappa shape index (κ3) is 3.13. The quantitative estimate of drug-likeness (QED) is 0.759. The van der Waals surface area contributed by atoms with Crippen LogP contribution in [-0.2, 0) is 15.0 Å². The number of hydrogen-bond donors (Lipinski definition) is 2. The third-order valence-corrected chi connectivity index (χ3v) is 3.38. The average Bonchev–Trinajstić information content (AvgIpc) is 2.83. The first-order valence-electron chi connectivity index (χ1n) is 6.68. The molecular weight excluding hydrogens is 246 g/mol. The SMILES string of the molecule is CCOCC(C)OC(=O)c1cnc(C2(N)CCC2)[nH]1. The van der Waals surface area contributed by atoms with Crippen molar-refractivity contribution in [2.24, 2.45) is 5.73 Å². The molecule has 0 aromatic carbocycles. The molecule has 1 aromatic rings. The lowest BCUT2D eigenvalue weighted by Gasteiger charge is -2.35. The first-order chi connectivity index (χ1) is 9.05. The summed E-state index contributed by atoms with van der Waals surface area (Å²) in [5.74, 6) is 0.247. The van der Waals surface area contributed by atoms with Gasteiger partial charge in [-0.15, -0.1) is 0 Å². The molecule has 0 radical (unpaired) electrons. The van der Waals surface area contributed by atoms with Crippen molar-refractivity contribution in [2.75, 3.05) is 13.2 Å². The summed E-state index contributed by atoms with van der Waals surface area (Å²) in [4.78, 5) is 19.0. The highest BCUT2D eigenvalue weighted by Gasteiger charge is 2.37. The summed E-state index contributed by atoms with van der Waals surface area (Å²) in [6.45, 7) is 4.69. The van der Waals surface area contributed by atoms with Crippen molar-refractivity contribution in [1.82, 2.24) is 9.97 Å². The Morgan fingerprint density at radius 2 is 2.37 bits per heavy atom. The highest BCUT2D eigenvalue weighted by molar-refractivity contribution is 5.87. The van der Waals surface area contributed by atoms with Gasteiger partial charge in [0, 0.05) is 6.61 Å². The van der Waals surface area contributed by atoms with Gasteiger partial charge in [0.1, 0.15) is 17.6 Å². The van der Waals surface area contributed by atoms with Gasteiger partial charge < -0.3 is 20.2 Å². The van der Waals surface area contributed by atoms with Gasteiger partial charge in [0.2, 0.25) is 0 Å². The number of nitrogens with one attached hydrogen (secondary N) is 1. The molecule has 1 fully saturated rings. The van der Waals surface area contributed by atoms with E-state index in [1.54, 1.807) is 6.92 Å². The number of H-pyrrole nitrogens is 1. The summed E-state index contributed by atoms with van der Waals surface area (Å²) in [5.41, 5.74) is 6.09. The second-order valence-electron chi connectivity index (χ2n) is 5.03. The molecule has 19 heavy (non-hydrogen) atoms. The van der Waals surface area contributed by atoms with E-state index in [0.29, 0.717) is 24.7 Å². The van der Waals surface area contributed by atoms with Crippen molar-refractivity contribution >= 4 is 5.97 Å². The minimum atomic E-state index is -0.422. The first-order valence-corrected chi connectivity index (χ1v) is 6.68. The van der Waals surface area contributed by atoms with Gasteiger partial charge in [-0.1, -0.05) is 0 Å². The Hall–Kier alpha value is -1.40. The van der Waals surface area contributed by atoms with Crippen LogP contribution in [0.15, 0.2) is 6.20 Å². The highest BCUT2D eigenvalue weighted by Crippen LogP contribution is 2.36. The number of esters is 1. The number of imidazole rings is 1. The van der Waals surface area contributed by atoms with Crippen LogP contribution in [0.3, 0.4) is 0 Å². The maximum absolute atomic E-state index is 11.9. The Morgan fingerprint density at radius 3 is 2.95 bits per heavy atom. The molecule has 106 valence electrons. The van der Waals surface area contributed by atoms with Crippen LogP contribution in [0.1, 0.15) is 49.4 Å². The minimum absolute atomic E-state index is 0.283. The molecule has 1 unspecified atom stereocenters. The molecule has 1 aliphatic rings. The van der Waals surface area contributed by atoms with Crippen molar-refractivity contribution < 1.29 is 14.3 Å². The Balaban J connectivity index is 1.92. The molecule has 6 heteroatoms. The van der Waals surface area contributed by atoms with Crippen LogP contribution in [0, 0.1) is 0 Å². The molecule has 1 aromatic heterocycles. The maximum atomic E-state index is 11.9. The lowest BCUT2D eigenvalue weighted by Crippen LogP contribution is -2.44. The summed E-state index contributed by atoms with van der Waals surface area (Å²) < 4.78 is 10.4. The fraction of sp³-hybridized carbons (Fsp3) is 0.692. The summed E-state index contributed by atoms with van der Waals surface area (Å²) in [6, 6.07) is 0. The van der Waals surface area contributed by atoms with Gasteiger partial charge in [0.05, 0.1) is 18.3 Å². The fourth-order valence-electron chi connectivity index (χ4n) is 2.04. The van der Waals surface area contributed by atoms with Crippen molar-refractivity contribution in [3.8, 4) is 0 Å². The van der Waals surface area contributed by atoms with Gasteiger partial charge in [-0.05, 0) is 33.1 Å². The summed E-state index contributed by atoms with van der Waals surface area (Å²) in [7, 11) is 0. The van der Waals surface area contributed by atoms with E-state index in [4.69, 9.17) is 15.2 Å². The predicted molar refractivity (Wildman–Crippen MR) is 69.7 cm³/mol. The Bertz CT molecular complexity index is 440. The summed E-state index contributed by atoms with van der Waals surface area (Å²) in [5, 5.41) is 0. The number of rotatable bonds is 6. The molecule has 2 rings (SSSR count). The zero-order valence-electron chi connectivity index (χ0n) is 11.4. The maximum Gasteiger partial charge on any atom is 0.356 e. The Kier molecular flexibility index (Phi) is 4.21. The molecule has 0 spiro atoms. The average molecular weight is 267 g/mol. The standard InChI is InChI=1S/C13H21N3O3/c1-3-18-8-9(2)19-11(17)10-7-15-12(16-10)13(14)5-4-6-13/h7,9H,3-6,8,14H2,1-2H3,(H,15,16). The number of aromatic nitrogens is 2. The highest BCUT2D eigenvalue weighted by atomic mass is 16.6. The van der Waals surface area contributed by atoms with Crippen molar-refractivity contribution in [3.63, 3.8) is 0 Å². The van der Waals surface area contributed by atoms with Crippen LogP contribution < -0.4 is 5.73 Å². The van der Waals surface area contributed by atoms with Crippen LogP contribution in [0.4, 0.5) is 0 Å². The van der Waals surface area contributed by atoms with Gasteiger partial charge in [0.15, 0.2) is 0 Å². The third-order valence-electron chi connectivity index (χ3n) is 3.38. The number of nitrogens with zero attached hydrogens (tertiary/aromatic N) is 1. The number of carbonyl (C=O) groups excluding carboxylic acids is 1. The van der Waals surface area contributed by atoms with E-state index < -0.39 is 11.5 Å². The van der Waals surface area contributed by atoms with E-state index in [-0.39, 0.29) is 6.10 Å². The van der Waals surface area contributed by atoms with Crippen molar-refractivity contribution in [1.29, 1.82) is 0 Å². The molecule has 0 amide bonds. The van der Waals surface area contributed by atoms with E-state index in [2.05, 4.69) is 9.97 Å². The minimum Gasteiger partial charge on any atom is -0.456 e. The predicted octanol–water partition coefficient (Wildman–Crippen LogP) is 1.33. The number of carbonyl (C=O) groups is 1. The monoisotopic (exact) mass is 267 g/mol. The normalized spacial score (nSPS) is 18.7. The van der Waals surface area contributed by atoms with Gasteiger partial charge >= 0.3 is 5.97 Å². The number of ether oxygens (including phenoxy) is 2. The molecule has 1 heterocycles. The van der Waals surface area contributed by atoms with Gasteiger partial charge in [0.25, 0.3) is 0 Å². The van der Waals surface area contributed by atoms with Gasteiger partial charge in [-0.2, -0.15) is 0 Å². The van der Waals surface area contributed by atoms with E-state index >= 15 is 0 Å². The van der Waals surface area contributed by atoms with E-state index in [1.807, 2.05) is 6.92 Å². The second-order valence-corrected chi connectivity index (χ2v) is 5.03. The Labute approximate surface area is 112 Å². The van der Waals surface area contributed by atoms with Crippen LogP contribution in [-0.4, -0.2) is 35.3 Å². The smallest absolute Gasteiger partial charge is 0.356 e. The van der Waals surface area contributed by atoms with Crippen LogP contribution in [0.2, 0.25) is 0 Å². The largest absolute Gasteiger partial charge is 0.456 e. The van der Waals surface area contributed by atoms with Crippen LogP contribution in [0.25, 0.3) is 0 Å². The topological polar surface area (TPSA) is 90.2 Å². The fourth-order valence-corrected chi connectivity index (χ4v) is 2.04. The summed E-state index contributed by atoms with van der Waals surface area (Å²) in [6.07, 6.45) is 4.10. The van der Waals surface area contributed by atoms with Crippen molar-refractivity contribution in [2.45, 2.75) is 44.8 Å². The summed E-state index contributed by atoms with van der Waals surface area (Å²) >= 11 is 0. The van der Waals surface area contributed by atoms with Gasteiger partial charge in [-0.25, -0.2) is 9.78 Å². The molecule has 1 atom stereocenters. The number of aromatic amines is 1. The second kappa shape index (κ2) is 5.71. The molecule has 6 nitrogen and oxygen atoms in total. The lowest BCUT2D eigenvalue weighted by molar-refractivity contribution is 0.00389. The molecule has 1 saturated carbocycles. The molecular formula is C13H21N3O3.